The van der Waals surface area contributed by atoms with Crippen LogP contribution in [0, 0.1) is 20.8 Å². The lowest BCUT2D eigenvalue weighted by Gasteiger charge is -2.16. The number of aliphatic carboxylic acids is 1. The topological polar surface area (TPSA) is 88.5 Å². The van der Waals surface area contributed by atoms with Crippen LogP contribution in [-0.4, -0.2) is 28.6 Å². The summed E-state index contributed by atoms with van der Waals surface area (Å²) in [7, 11) is 0. The van der Waals surface area contributed by atoms with Gasteiger partial charge in [0.05, 0.1) is 6.04 Å². The van der Waals surface area contributed by atoms with Gasteiger partial charge in [-0.05, 0) is 50.5 Å². The van der Waals surface area contributed by atoms with Crippen LogP contribution >= 0.6 is 11.3 Å². The fourth-order valence-electron chi connectivity index (χ4n) is 2.56. The summed E-state index contributed by atoms with van der Waals surface area (Å²) in [6.45, 7) is 7.11. The molecule has 7 heteroatoms. The third kappa shape index (κ3) is 4.79. The van der Waals surface area contributed by atoms with E-state index in [9.17, 15) is 9.59 Å². The molecule has 1 aromatic heterocycles. The molecule has 1 aromatic carbocycles. The number of aryl methyl sites for hydroxylation is 3. The number of benzene rings is 1. The number of hydrogen-bond acceptors (Lipinski definition) is 5. The molecule has 0 radical (unpaired) electrons. The third-order valence-electron chi connectivity index (χ3n) is 3.71. The van der Waals surface area contributed by atoms with E-state index in [4.69, 9.17) is 9.84 Å². The van der Waals surface area contributed by atoms with Crippen molar-refractivity contribution in [2.75, 3.05) is 6.61 Å². The zero-order valence-corrected chi connectivity index (χ0v) is 15.6. The first-order chi connectivity index (χ1) is 11.8. The second-order valence-electron chi connectivity index (χ2n) is 5.88. The molecule has 1 atom stereocenters. The number of carboxylic acid groups (broad SMARTS) is 1. The molecule has 2 aromatic rings. The summed E-state index contributed by atoms with van der Waals surface area (Å²) in [5, 5.41) is 14.6. The lowest BCUT2D eigenvalue weighted by Crippen LogP contribution is -2.28. The molecular formula is C18H22N2O4S. The van der Waals surface area contributed by atoms with Crippen molar-refractivity contribution in [2.24, 2.45) is 0 Å². The summed E-state index contributed by atoms with van der Waals surface area (Å²) in [6, 6.07) is 3.29. The maximum Gasteiger partial charge on any atom is 0.341 e. The van der Waals surface area contributed by atoms with Gasteiger partial charge in [-0.3, -0.25) is 4.79 Å². The van der Waals surface area contributed by atoms with Gasteiger partial charge in [-0.25, -0.2) is 9.78 Å². The molecule has 134 valence electrons. The number of nitrogens with one attached hydrogen (secondary N) is 1. The van der Waals surface area contributed by atoms with Gasteiger partial charge in [0, 0.05) is 16.6 Å². The molecule has 2 rings (SSSR count). The zero-order chi connectivity index (χ0) is 18.6. The number of carbonyl (C=O) groups is 2. The van der Waals surface area contributed by atoms with Gasteiger partial charge in [-0.2, -0.15) is 0 Å². The van der Waals surface area contributed by atoms with E-state index in [-0.39, 0.29) is 11.9 Å². The molecule has 25 heavy (non-hydrogen) atoms. The predicted octanol–water partition coefficient (Wildman–Crippen LogP) is 3.41. The van der Waals surface area contributed by atoms with E-state index in [0.717, 1.165) is 28.2 Å². The maximum absolute atomic E-state index is 12.6. The third-order valence-corrected chi connectivity index (χ3v) is 4.79. The van der Waals surface area contributed by atoms with Crippen molar-refractivity contribution in [3.8, 4) is 5.75 Å². The van der Waals surface area contributed by atoms with Gasteiger partial charge in [0.2, 0.25) is 0 Å². The monoisotopic (exact) mass is 362 g/mol. The molecular weight excluding hydrogens is 340 g/mol. The number of ether oxygens (including phenoxy) is 1. The molecule has 1 heterocycles. The van der Waals surface area contributed by atoms with Gasteiger partial charge in [0.1, 0.15) is 10.8 Å². The largest absolute Gasteiger partial charge is 0.481 e. The van der Waals surface area contributed by atoms with Crippen molar-refractivity contribution in [2.45, 2.75) is 40.2 Å². The fourth-order valence-corrected chi connectivity index (χ4v) is 3.49. The Balaban J connectivity index is 2.17. The second kappa shape index (κ2) is 8.11. The highest BCUT2D eigenvalue weighted by Crippen LogP contribution is 2.26. The fraction of sp³-hybridized carbons (Fsp3) is 0.389. The summed E-state index contributed by atoms with van der Waals surface area (Å²) < 4.78 is 5.30. The van der Waals surface area contributed by atoms with Gasteiger partial charge in [-0.1, -0.05) is 6.92 Å². The molecule has 0 bridgehead atoms. The van der Waals surface area contributed by atoms with E-state index in [2.05, 4.69) is 10.3 Å². The van der Waals surface area contributed by atoms with E-state index in [1.807, 2.05) is 19.2 Å². The van der Waals surface area contributed by atoms with E-state index in [1.54, 1.807) is 26.0 Å². The molecule has 0 aliphatic rings. The number of rotatable bonds is 7. The summed E-state index contributed by atoms with van der Waals surface area (Å²) >= 11 is 1.54. The first-order valence-electron chi connectivity index (χ1n) is 8.00. The van der Waals surface area contributed by atoms with Crippen LogP contribution in [0.5, 0.6) is 5.75 Å². The minimum atomic E-state index is -1.04. The van der Waals surface area contributed by atoms with Crippen molar-refractivity contribution >= 4 is 23.2 Å². The smallest absolute Gasteiger partial charge is 0.341 e. The van der Waals surface area contributed by atoms with Crippen molar-refractivity contribution in [1.29, 1.82) is 0 Å². The molecule has 6 nitrogen and oxygen atoms in total. The van der Waals surface area contributed by atoms with Crippen molar-refractivity contribution in [3.05, 3.63) is 44.9 Å². The van der Waals surface area contributed by atoms with Gasteiger partial charge < -0.3 is 15.2 Å². The second-order valence-corrected chi connectivity index (χ2v) is 6.77. The molecule has 0 fully saturated rings. The Morgan fingerprint density at radius 1 is 1.28 bits per heavy atom. The van der Waals surface area contributed by atoms with Crippen LogP contribution in [0.1, 0.15) is 51.6 Å². The van der Waals surface area contributed by atoms with Crippen LogP contribution < -0.4 is 10.1 Å². The number of nitrogens with zero attached hydrogens (tertiary/aromatic N) is 1. The molecule has 2 N–H and O–H groups in total. The molecule has 0 saturated heterocycles. The maximum atomic E-state index is 12.6. The Kier molecular flexibility index (Phi) is 6.14. The molecule has 1 unspecified atom stereocenters. The average molecular weight is 362 g/mol. The Bertz CT molecular complexity index is 762. The molecule has 0 aliphatic carbocycles. The van der Waals surface area contributed by atoms with Gasteiger partial charge in [0.25, 0.3) is 5.91 Å². The lowest BCUT2D eigenvalue weighted by molar-refractivity contribution is -0.139. The summed E-state index contributed by atoms with van der Waals surface area (Å²) in [6.07, 6.45) is 0.746. The van der Waals surface area contributed by atoms with Crippen LogP contribution in [0.4, 0.5) is 0 Å². The standard InChI is InChI=1S/C18H22N2O4S/c1-5-14(18-19-12(4)9-25-18)20-17(23)13-6-10(2)16(11(3)7-13)24-8-15(21)22/h6-7,9,14H,5,8H2,1-4H3,(H,20,23)(H,21,22). The van der Waals surface area contributed by atoms with Crippen molar-refractivity contribution in [1.82, 2.24) is 10.3 Å². The van der Waals surface area contributed by atoms with E-state index in [0.29, 0.717) is 11.3 Å². The van der Waals surface area contributed by atoms with Crippen LogP contribution in [-0.2, 0) is 4.79 Å². The number of carbonyl (C=O) groups excluding carboxylic acids is 1. The summed E-state index contributed by atoms with van der Waals surface area (Å²) in [5.74, 6) is -0.720. The number of hydrogen-bond donors (Lipinski definition) is 2. The minimum Gasteiger partial charge on any atom is -0.481 e. The Morgan fingerprint density at radius 3 is 2.40 bits per heavy atom. The van der Waals surface area contributed by atoms with Gasteiger partial charge in [0.15, 0.2) is 6.61 Å². The minimum absolute atomic E-state index is 0.130. The SMILES string of the molecule is CCC(NC(=O)c1cc(C)c(OCC(=O)O)c(C)c1)c1nc(C)cs1. The van der Waals surface area contributed by atoms with E-state index < -0.39 is 12.6 Å². The Hall–Kier alpha value is -2.41. The average Bonchev–Trinajstić information content (AvgIpc) is 2.97. The van der Waals surface area contributed by atoms with Crippen LogP contribution in [0.15, 0.2) is 17.5 Å². The van der Waals surface area contributed by atoms with Gasteiger partial charge >= 0.3 is 5.97 Å². The summed E-state index contributed by atoms with van der Waals surface area (Å²) in [4.78, 5) is 27.7. The van der Waals surface area contributed by atoms with Crippen molar-refractivity contribution in [3.63, 3.8) is 0 Å². The number of thiazole rings is 1. The van der Waals surface area contributed by atoms with Crippen molar-refractivity contribution < 1.29 is 19.4 Å². The quantitative estimate of drug-likeness (QED) is 0.788. The zero-order valence-electron chi connectivity index (χ0n) is 14.8. The molecule has 0 saturated carbocycles. The first kappa shape index (κ1) is 18.9. The highest BCUT2D eigenvalue weighted by Gasteiger charge is 2.18. The molecule has 1 amide bonds. The van der Waals surface area contributed by atoms with Crippen LogP contribution in [0.2, 0.25) is 0 Å². The molecule has 0 aliphatic heterocycles. The Morgan fingerprint density at radius 2 is 1.92 bits per heavy atom. The van der Waals surface area contributed by atoms with Crippen LogP contribution in [0.25, 0.3) is 0 Å². The van der Waals surface area contributed by atoms with Gasteiger partial charge in [-0.15, -0.1) is 11.3 Å². The lowest BCUT2D eigenvalue weighted by atomic mass is 10.0. The highest BCUT2D eigenvalue weighted by atomic mass is 32.1. The Labute approximate surface area is 150 Å². The number of amides is 1. The summed E-state index contributed by atoms with van der Waals surface area (Å²) in [5.41, 5.74) is 2.91. The highest BCUT2D eigenvalue weighted by molar-refractivity contribution is 7.09. The number of carboxylic acids is 1. The van der Waals surface area contributed by atoms with E-state index in [1.165, 1.54) is 11.3 Å². The molecule has 0 spiro atoms. The first-order valence-corrected chi connectivity index (χ1v) is 8.88. The predicted molar refractivity (Wildman–Crippen MR) is 96.4 cm³/mol. The van der Waals surface area contributed by atoms with E-state index >= 15 is 0 Å². The number of aromatic nitrogens is 1. The van der Waals surface area contributed by atoms with Crippen LogP contribution in [0.3, 0.4) is 0 Å². The normalized spacial score (nSPS) is 11.8.